The number of hydrogen-bond donors (Lipinski definition) is 1. The van der Waals surface area contributed by atoms with E-state index in [0.29, 0.717) is 11.1 Å². The maximum absolute atomic E-state index is 12.4. The van der Waals surface area contributed by atoms with Crippen molar-refractivity contribution in [2.24, 2.45) is 0 Å². The Labute approximate surface area is 144 Å². The molecule has 0 saturated heterocycles. The number of aromatic nitrogens is 1. The molecule has 0 fully saturated rings. The molecular weight excluding hydrogens is 310 g/mol. The number of benzene rings is 3. The molecule has 25 heavy (non-hydrogen) atoms. The molecule has 0 aliphatic rings. The molecule has 0 bridgehead atoms. The van der Waals surface area contributed by atoms with Crippen molar-refractivity contribution in [3.8, 4) is 0 Å². The summed E-state index contributed by atoms with van der Waals surface area (Å²) in [6.45, 7) is 0. The minimum absolute atomic E-state index is 0.126. The minimum atomic E-state index is -0.207. The molecule has 0 amide bonds. The number of pyridine rings is 1. The van der Waals surface area contributed by atoms with E-state index in [1.165, 1.54) is 6.08 Å². The number of ketones is 1. The van der Waals surface area contributed by atoms with Gasteiger partial charge < -0.3 is 4.98 Å². The van der Waals surface area contributed by atoms with Gasteiger partial charge in [-0.25, -0.2) is 0 Å². The number of allylic oxidation sites excluding steroid dienone is 1. The third-order valence-corrected chi connectivity index (χ3v) is 4.25. The van der Waals surface area contributed by atoms with Crippen molar-refractivity contribution in [3.05, 3.63) is 100 Å². The quantitative estimate of drug-likeness (QED) is 0.340. The van der Waals surface area contributed by atoms with Crippen LogP contribution < -0.4 is 5.56 Å². The first kappa shape index (κ1) is 15.1. The van der Waals surface area contributed by atoms with Gasteiger partial charge in [0.2, 0.25) is 0 Å². The summed E-state index contributed by atoms with van der Waals surface area (Å²) in [6, 6.07) is 22.7. The van der Waals surface area contributed by atoms with Gasteiger partial charge in [-0.1, -0.05) is 66.7 Å². The standard InChI is InChI=1S/C22H15NO2/c24-20(16-7-2-1-3-8-16)13-12-18-14-17-11-10-15-6-4-5-9-19(15)21(17)23-22(18)25/h1-14H,(H,23,25). The van der Waals surface area contributed by atoms with Gasteiger partial charge in [0.05, 0.1) is 5.52 Å². The van der Waals surface area contributed by atoms with Crippen molar-refractivity contribution < 1.29 is 4.79 Å². The highest BCUT2D eigenvalue weighted by Gasteiger charge is 2.05. The molecule has 0 aliphatic carbocycles. The topological polar surface area (TPSA) is 49.9 Å². The molecule has 120 valence electrons. The van der Waals surface area contributed by atoms with E-state index in [-0.39, 0.29) is 11.3 Å². The van der Waals surface area contributed by atoms with Crippen LogP contribution in [0.4, 0.5) is 0 Å². The van der Waals surface area contributed by atoms with Crippen LogP contribution in [0.15, 0.2) is 83.7 Å². The second-order valence-corrected chi connectivity index (χ2v) is 5.87. The van der Waals surface area contributed by atoms with Gasteiger partial charge in [-0.2, -0.15) is 0 Å². The third kappa shape index (κ3) is 2.88. The van der Waals surface area contributed by atoms with E-state index in [1.54, 1.807) is 18.2 Å². The van der Waals surface area contributed by atoms with Gasteiger partial charge in [0.15, 0.2) is 5.78 Å². The van der Waals surface area contributed by atoms with Crippen LogP contribution in [-0.2, 0) is 0 Å². The molecule has 0 saturated carbocycles. The predicted molar refractivity (Wildman–Crippen MR) is 102 cm³/mol. The maximum atomic E-state index is 12.4. The van der Waals surface area contributed by atoms with Crippen LogP contribution in [0, 0.1) is 0 Å². The summed E-state index contributed by atoms with van der Waals surface area (Å²) in [4.78, 5) is 27.5. The first-order chi connectivity index (χ1) is 12.2. The molecule has 4 aromatic rings. The Balaban J connectivity index is 1.77. The van der Waals surface area contributed by atoms with Gasteiger partial charge in [-0.05, 0) is 29.0 Å². The first-order valence-corrected chi connectivity index (χ1v) is 8.04. The molecule has 1 N–H and O–H groups in total. The van der Waals surface area contributed by atoms with Gasteiger partial charge in [0, 0.05) is 16.5 Å². The van der Waals surface area contributed by atoms with Crippen LogP contribution >= 0.6 is 0 Å². The number of rotatable bonds is 3. The van der Waals surface area contributed by atoms with Crippen molar-refractivity contribution in [1.82, 2.24) is 4.98 Å². The summed E-state index contributed by atoms with van der Waals surface area (Å²) in [5.74, 6) is -0.126. The molecular formula is C22H15NO2. The Morgan fingerprint density at radius 2 is 1.56 bits per heavy atom. The zero-order valence-electron chi connectivity index (χ0n) is 13.4. The van der Waals surface area contributed by atoms with Crippen molar-refractivity contribution in [2.45, 2.75) is 0 Å². The Morgan fingerprint density at radius 1 is 0.840 bits per heavy atom. The molecule has 1 aromatic heterocycles. The van der Waals surface area contributed by atoms with E-state index in [2.05, 4.69) is 4.98 Å². The molecule has 4 rings (SSSR count). The summed E-state index contributed by atoms with van der Waals surface area (Å²) < 4.78 is 0. The lowest BCUT2D eigenvalue weighted by molar-refractivity contribution is 0.104. The summed E-state index contributed by atoms with van der Waals surface area (Å²) in [7, 11) is 0. The Hall–Kier alpha value is -3.46. The predicted octanol–water partition coefficient (Wildman–Crippen LogP) is 4.58. The number of fused-ring (bicyclic) bond motifs is 3. The molecule has 1 heterocycles. The second-order valence-electron chi connectivity index (χ2n) is 5.87. The van der Waals surface area contributed by atoms with Crippen LogP contribution in [0.3, 0.4) is 0 Å². The highest BCUT2D eigenvalue weighted by molar-refractivity contribution is 6.08. The van der Waals surface area contributed by atoms with E-state index >= 15 is 0 Å². The average Bonchev–Trinajstić information content (AvgIpc) is 2.67. The molecule has 0 radical (unpaired) electrons. The molecule has 3 aromatic carbocycles. The minimum Gasteiger partial charge on any atom is -0.321 e. The fraction of sp³-hybridized carbons (Fsp3) is 0. The lowest BCUT2D eigenvalue weighted by Crippen LogP contribution is -2.09. The smallest absolute Gasteiger partial charge is 0.255 e. The lowest BCUT2D eigenvalue weighted by atomic mass is 10.0. The van der Waals surface area contributed by atoms with Crippen LogP contribution in [0.5, 0.6) is 0 Å². The number of nitrogens with one attached hydrogen (secondary N) is 1. The van der Waals surface area contributed by atoms with Gasteiger partial charge >= 0.3 is 0 Å². The van der Waals surface area contributed by atoms with E-state index < -0.39 is 0 Å². The zero-order chi connectivity index (χ0) is 17.2. The van der Waals surface area contributed by atoms with Crippen molar-refractivity contribution >= 4 is 33.5 Å². The monoisotopic (exact) mass is 325 g/mol. The van der Waals surface area contributed by atoms with E-state index in [4.69, 9.17) is 0 Å². The van der Waals surface area contributed by atoms with Crippen LogP contribution in [0.1, 0.15) is 15.9 Å². The van der Waals surface area contributed by atoms with Gasteiger partial charge in [-0.15, -0.1) is 0 Å². The van der Waals surface area contributed by atoms with Crippen molar-refractivity contribution in [1.29, 1.82) is 0 Å². The van der Waals surface area contributed by atoms with E-state index in [0.717, 1.165) is 21.7 Å². The number of carbonyl (C=O) groups excluding carboxylic acids is 1. The number of hydrogen-bond acceptors (Lipinski definition) is 2. The van der Waals surface area contributed by atoms with E-state index in [9.17, 15) is 9.59 Å². The zero-order valence-corrected chi connectivity index (χ0v) is 13.4. The SMILES string of the molecule is O=C(C=Cc1cc2ccc3ccccc3c2[nH]c1=O)c1ccccc1. The molecule has 0 spiro atoms. The number of aromatic amines is 1. The highest BCUT2D eigenvalue weighted by Crippen LogP contribution is 2.23. The van der Waals surface area contributed by atoms with Crippen LogP contribution in [0.25, 0.3) is 27.8 Å². The molecule has 0 aliphatic heterocycles. The first-order valence-electron chi connectivity index (χ1n) is 8.04. The van der Waals surface area contributed by atoms with E-state index in [1.807, 2.05) is 60.7 Å². The Morgan fingerprint density at radius 3 is 2.40 bits per heavy atom. The molecule has 0 atom stereocenters. The normalized spacial score (nSPS) is 11.4. The fourth-order valence-corrected chi connectivity index (χ4v) is 2.95. The summed E-state index contributed by atoms with van der Waals surface area (Å²) in [5.41, 5.74) is 1.67. The highest BCUT2D eigenvalue weighted by atomic mass is 16.1. The van der Waals surface area contributed by atoms with Crippen LogP contribution in [-0.4, -0.2) is 10.8 Å². The van der Waals surface area contributed by atoms with Gasteiger partial charge in [-0.3, -0.25) is 9.59 Å². The lowest BCUT2D eigenvalue weighted by Gasteiger charge is -2.04. The summed E-state index contributed by atoms with van der Waals surface area (Å²) in [6.07, 6.45) is 3.01. The van der Waals surface area contributed by atoms with Crippen LogP contribution in [0.2, 0.25) is 0 Å². The average molecular weight is 325 g/mol. The third-order valence-electron chi connectivity index (χ3n) is 4.25. The summed E-state index contributed by atoms with van der Waals surface area (Å²) in [5, 5.41) is 3.02. The summed E-state index contributed by atoms with van der Waals surface area (Å²) >= 11 is 0. The number of carbonyl (C=O) groups is 1. The molecule has 3 nitrogen and oxygen atoms in total. The largest absolute Gasteiger partial charge is 0.321 e. The molecule has 3 heteroatoms. The van der Waals surface area contributed by atoms with Crippen molar-refractivity contribution in [2.75, 3.05) is 0 Å². The van der Waals surface area contributed by atoms with Crippen molar-refractivity contribution in [3.63, 3.8) is 0 Å². The second kappa shape index (κ2) is 6.21. The van der Waals surface area contributed by atoms with Gasteiger partial charge in [0.25, 0.3) is 5.56 Å². The fourth-order valence-electron chi connectivity index (χ4n) is 2.95. The number of H-pyrrole nitrogens is 1. The molecule has 0 unspecified atom stereocenters. The Bertz CT molecular complexity index is 1170. The Kier molecular flexibility index (Phi) is 3.75. The maximum Gasteiger partial charge on any atom is 0.255 e. The van der Waals surface area contributed by atoms with Gasteiger partial charge in [0.1, 0.15) is 0 Å².